The fourth-order valence-electron chi connectivity index (χ4n) is 2.58. The third-order valence-electron chi connectivity index (χ3n) is 3.85. The van der Waals surface area contributed by atoms with Crippen molar-refractivity contribution in [1.82, 2.24) is 4.31 Å². The molecule has 1 aliphatic rings. The molecule has 0 aliphatic carbocycles. The number of halogens is 1. The average Bonchev–Trinajstić information content (AvgIpc) is 2.40. The Bertz CT molecular complexity index is 623. The Balaban J connectivity index is 2.26. The second kappa shape index (κ2) is 5.90. The van der Waals surface area contributed by atoms with Crippen LogP contribution in [0.4, 0.5) is 10.1 Å². The van der Waals surface area contributed by atoms with Crippen LogP contribution in [0.3, 0.4) is 0 Å². The number of rotatable bonds is 3. The molecule has 0 aromatic heterocycles. The highest BCUT2D eigenvalue weighted by molar-refractivity contribution is 7.88. The van der Waals surface area contributed by atoms with E-state index in [0.717, 1.165) is 11.3 Å². The summed E-state index contributed by atoms with van der Waals surface area (Å²) in [5, 5.41) is 0. The highest BCUT2D eigenvalue weighted by Crippen LogP contribution is 2.29. The highest BCUT2D eigenvalue weighted by Gasteiger charge is 2.25. The lowest BCUT2D eigenvalue weighted by atomic mass is 10.0. The smallest absolute Gasteiger partial charge is 0.211 e. The molecule has 0 radical (unpaired) electrons. The van der Waals surface area contributed by atoms with Crippen molar-refractivity contribution in [3.05, 3.63) is 29.1 Å². The van der Waals surface area contributed by atoms with Gasteiger partial charge in [-0.15, -0.1) is 0 Å². The molecule has 21 heavy (non-hydrogen) atoms. The molecule has 1 aromatic rings. The summed E-state index contributed by atoms with van der Waals surface area (Å²) in [5.41, 5.74) is 8.16. The molecule has 0 unspecified atom stereocenters. The second-order valence-electron chi connectivity index (χ2n) is 5.60. The Hall–Kier alpha value is -1.18. The van der Waals surface area contributed by atoms with E-state index in [0.29, 0.717) is 31.7 Å². The normalized spacial score (nSPS) is 18.8. The van der Waals surface area contributed by atoms with Gasteiger partial charge in [-0.05, 0) is 37.1 Å². The van der Waals surface area contributed by atoms with Crippen LogP contribution in [0.15, 0.2) is 12.1 Å². The van der Waals surface area contributed by atoms with E-state index in [1.165, 1.54) is 16.6 Å². The predicted octanol–water partition coefficient (Wildman–Crippen LogP) is 1.24. The van der Waals surface area contributed by atoms with Crippen LogP contribution in [0.5, 0.6) is 0 Å². The lowest BCUT2D eigenvalue weighted by Gasteiger charge is -2.36. The minimum atomic E-state index is -3.15. The van der Waals surface area contributed by atoms with Crippen LogP contribution in [0.2, 0.25) is 0 Å². The van der Waals surface area contributed by atoms with Crippen LogP contribution >= 0.6 is 0 Å². The quantitative estimate of drug-likeness (QED) is 0.911. The van der Waals surface area contributed by atoms with Gasteiger partial charge in [-0.25, -0.2) is 12.8 Å². The number of benzene rings is 1. The number of hydrogen-bond donors (Lipinski definition) is 1. The zero-order valence-electron chi connectivity index (χ0n) is 12.6. The van der Waals surface area contributed by atoms with Gasteiger partial charge in [0.15, 0.2) is 0 Å². The zero-order chi connectivity index (χ0) is 15.8. The largest absolute Gasteiger partial charge is 0.369 e. The monoisotopic (exact) mass is 315 g/mol. The van der Waals surface area contributed by atoms with Crippen LogP contribution in [-0.4, -0.2) is 45.2 Å². The lowest BCUT2D eigenvalue weighted by Crippen LogP contribution is -2.48. The predicted molar refractivity (Wildman–Crippen MR) is 82.4 cm³/mol. The number of aryl methyl sites for hydroxylation is 1. The van der Waals surface area contributed by atoms with E-state index >= 15 is 0 Å². The van der Waals surface area contributed by atoms with Gasteiger partial charge in [0, 0.05) is 37.9 Å². The fraction of sp³-hybridized carbons (Fsp3) is 0.571. The van der Waals surface area contributed by atoms with Crippen molar-refractivity contribution >= 4 is 15.7 Å². The van der Waals surface area contributed by atoms with Gasteiger partial charge in [-0.3, -0.25) is 0 Å². The first-order valence-corrected chi connectivity index (χ1v) is 8.80. The van der Waals surface area contributed by atoms with E-state index in [-0.39, 0.29) is 11.9 Å². The Morgan fingerprint density at radius 3 is 2.29 bits per heavy atom. The molecule has 0 saturated carbocycles. The number of anilines is 1. The summed E-state index contributed by atoms with van der Waals surface area (Å²) in [7, 11) is -3.15. The van der Waals surface area contributed by atoms with Crippen LogP contribution in [-0.2, 0) is 10.0 Å². The molecule has 1 aromatic carbocycles. The molecule has 1 atom stereocenters. The average molecular weight is 315 g/mol. The molecule has 5 nitrogen and oxygen atoms in total. The first kappa shape index (κ1) is 16.2. The second-order valence-corrected chi connectivity index (χ2v) is 7.58. The van der Waals surface area contributed by atoms with E-state index in [9.17, 15) is 12.8 Å². The summed E-state index contributed by atoms with van der Waals surface area (Å²) < 4.78 is 38.3. The number of nitrogens with two attached hydrogens (primary N) is 1. The van der Waals surface area contributed by atoms with Crippen LogP contribution < -0.4 is 10.6 Å². The van der Waals surface area contributed by atoms with Crippen molar-refractivity contribution in [2.45, 2.75) is 19.9 Å². The molecular formula is C14H22FN3O2S. The van der Waals surface area contributed by atoms with Crippen LogP contribution in [0.25, 0.3) is 0 Å². The van der Waals surface area contributed by atoms with Crippen LogP contribution in [0.1, 0.15) is 24.1 Å². The Morgan fingerprint density at radius 1 is 1.24 bits per heavy atom. The number of sulfonamides is 1. The Kier molecular flexibility index (Phi) is 4.55. The highest BCUT2D eigenvalue weighted by atomic mass is 32.2. The minimum Gasteiger partial charge on any atom is -0.369 e. The van der Waals surface area contributed by atoms with Crippen molar-refractivity contribution in [2.24, 2.45) is 5.73 Å². The summed E-state index contributed by atoms with van der Waals surface area (Å²) >= 11 is 0. The lowest BCUT2D eigenvalue weighted by molar-refractivity contribution is 0.387. The van der Waals surface area contributed by atoms with Crippen molar-refractivity contribution < 1.29 is 12.8 Å². The summed E-state index contributed by atoms with van der Waals surface area (Å²) in [6.07, 6.45) is 1.22. The first-order valence-electron chi connectivity index (χ1n) is 6.96. The maximum atomic E-state index is 13.7. The molecule has 0 amide bonds. The Morgan fingerprint density at radius 2 is 1.81 bits per heavy atom. The van der Waals surface area contributed by atoms with Crippen molar-refractivity contribution in [2.75, 3.05) is 37.3 Å². The van der Waals surface area contributed by atoms with E-state index < -0.39 is 10.0 Å². The van der Waals surface area contributed by atoms with Gasteiger partial charge >= 0.3 is 0 Å². The summed E-state index contributed by atoms with van der Waals surface area (Å²) in [6, 6.07) is 3.01. The third kappa shape index (κ3) is 3.53. The van der Waals surface area contributed by atoms with E-state index in [1.807, 2.05) is 6.92 Å². The molecule has 1 fully saturated rings. The van der Waals surface area contributed by atoms with Crippen molar-refractivity contribution in [1.29, 1.82) is 0 Å². The molecule has 7 heteroatoms. The third-order valence-corrected chi connectivity index (χ3v) is 5.15. The van der Waals surface area contributed by atoms with Gasteiger partial charge in [0.05, 0.1) is 6.26 Å². The van der Waals surface area contributed by atoms with Crippen LogP contribution in [0, 0.1) is 12.7 Å². The van der Waals surface area contributed by atoms with Gasteiger partial charge < -0.3 is 10.6 Å². The number of nitrogens with zero attached hydrogens (tertiary/aromatic N) is 2. The van der Waals surface area contributed by atoms with Gasteiger partial charge in [0.25, 0.3) is 0 Å². The minimum absolute atomic E-state index is 0.263. The molecule has 1 saturated heterocycles. The number of piperazine rings is 1. The van der Waals surface area contributed by atoms with Gasteiger partial charge in [0.2, 0.25) is 10.0 Å². The molecule has 2 rings (SSSR count). The molecule has 118 valence electrons. The molecular weight excluding hydrogens is 293 g/mol. The standard InChI is InChI=1S/C14H22FN3O2S/c1-10-8-14(12(11(2)16)9-13(10)15)17-4-6-18(7-5-17)21(3,19)20/h8-9,11H,4-7,16H2,1-3H3/t11-/m1/s1. The summed E-state index contributed by atoms with van der Waals surface area (Å²) in [4.78, 5) is 2.08. The van der Waals surface area contributed by atoms with E-state index in [4.69, 9.17) is 5.73 Å². The van der Waals surface area contributed by atoms with E-state index in [1.54, 1.807) is 13.0 Å². The molecule has 0 bridgehead atoms. The topological polar surface area (TPSA) is 66.6 Å². The molecule has 1 heterocycles. The number of hydrogen-bond acceptors (Lipinski definition) is 4. The van der Waals surface area contributed by atoms with Gasteiger partial charge in [0.1, 0.15) is 5.82 Å². The molecule has 1 aliphatic heterocycles. The van der Waals surface area contributed by atoms with E-state index in [2.05, 4.69) is 4.90 Å². The first-order chi connectivity index (χ1) is 9.70. The Labute approximate surface area is 125 Å². The van der Waals surface area contributed by atoms with Crippen molar-refractivity contribution in [3.63, 3.8) is 0 Å². The van der Waals surface area contributed by atoms with Gasteiger partial charge in [-0.1, -0.05) is 0 Å². The zero-order valence-corrected chi connectivity index (χ0v) is 13.5. The summed E-state index contributed by atoms with van der Waals surface area (Å²) in [6.45, 7) is 5.58. The van der Waals surface area contributed by atoms with Crippen molar-refractivity contribution in [3.8, 4) is 0 Å². The maximum Gasteiger partial charge on any atom is 0.211 e. The molecule has 2 N–H and O–H groups in total. The fourth-order valence-corrected chi connectivity index (χ4v) is 3.41. The van der Waals surface area contributed by atoms with Gasteiger partial charge in [-0.2, -0.15) is 4.31 Å². The summed E-state index contributed by atoms with van der Waals surface area (Å²) in [5.74, 6) is -0.263. The molecule has 0 spiro atoms. The maximum absolute atomic E-state index is 13.7. The SMILES string of the molecule is Cc1cc(N2CCN(S(C)(=O)=O)CC2)c([C@@H](C)N)cc1F.